The molecule has 8 heteroatoms. The van der Waals surface area contributed by atoms with Gasteiger partial charge in [-0.1, -0.05) is 6.07 Å². The second-order valence-corrected chi connectivity index (χ2v) is 4.57. The fourth-order valence-corrected chi connectivity index (χ4v) is 1.86. The number of nitro groups is 1. The number of methoxy groups -OCH3 is 2. The van der Waals surface area contributed by atoms with Gasteiger partial charge >= 0.3 is 17.6 Å². The first kappa shape index (κ1) is 16.4. The highest BCUT2D eigenvalue weighted by molar-refractivity contribution is 5.98. The van der Waals surface area contributed by atoms with Gasteiger partial charge in [0.15, 0.2) is 11.2 Å². The number of hydrogen-bond donors (Lipinski definition) is 1. The van der Waals surface area contributed by atoms with Crippen LogP contribution in [0.5, 0.6) is 5.75 Å². The fraction of sp³-hybridized carbons (Fsp3) is 0.385. The standard InChI is InChI=1S/C13H15NO7/c1-13(11(15)16,12(17)21-3)7-8-4-5-10(20-2)9(6-8)14(18)19/h4-6H,7H2,1-3H3,(H,15,16). The maximum Gasteiger partial charge on any atom is 0.323 e. The fourth-order valence-electron chi connectivity index (χ4n) is 1.86. The van der Waals surface area contributed by atoms with E-state index in [1.807, 2.05) is 0 Å². The molecule has 1 N–H and O–H groups in total. The van der Waals surface area contributed by atoms with Gasteiger partial charge in [0.1, 0.15) is 0 Å². The molecule has 114 valence electrons. The van der Waals surface area contributed by atoms with Gasteiger partial charge in [-0.2, -0.15) is 0 Å². The Kier molecular flexibility index (Phi) is 4.85. The molecule has 0 aliphatic heterocycles. The summed E-state index contributed by atoms with van der Waals surface area (Å²) in [6.07, 6.45) is -0.236. The molecule has 21 heavy (non-hydrogen) atoms. The predicted octanol–water partition coefficient (Wildman–Crippen LogP) is 1.41. The van der Waals surface area contributed by atoms with Crippen LogP contribution in [0.2, 0.25) is 0 Å². The van der Waals surface area contributed by atoms with E-state index in [0.29, 0.717) is 5.56 Å². The second-order valence-electron chi connectivity index (χ2n) is 4.57. The van der Waals surface area contributed by atoms with Crippen LogP contribution in [0.15, 0.2) is 18.2 Å². The number of carbonyl (C=O) groups excluding carboxylic acids is 1. The number of esters is 1. The molecule has 0 bridgehead atoms. The Bertz CT molecular complexity index is 584. The molecule has 0 aliphatic rings. The highest BCUT2D eigenvalue weighted by Gasteiger charge is 2.43. The molecule has 0 radical (unpaired) electrons. The van der Waals surface area contributed by atoms with Crippen LogP contribution in [0, 0.1) is 15.5 Å². The van der Waals surface area contributed by atoms with E-state index >= 15 is 0 Å². The molecule has 0 aliphatic carbocycles. The molecular weight excluding hydrogens is 282 g/mol. The summed E-state index contributed by atoms with van der Waals surface area (Å²) in [7, 11) is 2.37. The molecule has 8 nitrogen and oxygen atoms in total. The third kappa shape index (κ3) is 3.28. The Morgan fingerprint density at radius 3 is 2.43 bits per heavy atom. The third-order valence-electron chi connectivity index (χ3n) is 3.11. The van der Waals surface area contributed by atoms with Crippen LogP contribution in [0.3, 0.4) is 0 Å². The van der Waals surface area contributed by atoms with Crippen molar-refractivity contribution in [2.75, 3.05) is 14.2 Å². The zero-order valence-corrected chi connectivity index (χ0v) is 11.8. The van der Waals surface area contributed by atoms with Crippen LogP contribution in [0.25, 0.3) is 0 Å². The molecule has 1 aromatic rings. The minimum atomic E-state index is -1.82. The van der Waals surface area contributed by atoms with Gasteiger partial charge < -0.3 is 14.6 Å². The molecule has 0 aromatic heterocycles. The number of carboxylic acid groups (broad SMARTS) is 1. The zero-order chi connectivity index (χ0) is 16.2. The Morgan fingerprint density at radius 1 is 1.38 bits per heavy atom. The van der Waals surface area contributed by atoms with Crippen molar-refractivity contribution >= 4 is 17.6 Å². The van der Waals surface area contributed by atoms with Crippen LogP contribution in [0.1, 0.15) is 12.5 Å². The summed E-state index contributed by atoms with van der Waals surface area (Å²) in [6.45, 7) is 1.21. The third-order valence-corrected chi connectivity index (χ3v) is 3.11. The minimum absolute atomic E-state index is 0.0545. The number of carbonyl (C=O) groups is 2. The lowest BCUT2D eigenvalue weighted by Crippen LogP contribution is -2.39. The van der Waals surface area contributed by atoms with Crippen molar-refractivity contribution < 1.29 is 29.1 Å². The van der Waals surface area contributed by atoms with Crippen LogP contribution in [0.4, 0.5) is 5.69 Å². The molecule has 1 unspecified atom stereocenters. The van der Waals surface area contributed by atoms with Crippen LogP contribution >= 0.6 is 0 Å². The van der Waals surface area contributed by atoms with Gasteiger partial charge in [0.05, 0.1) is 19.1 Å². The normalized spacial score (nSPS) is 13.1. The van der Waals surface area contributed by atoms with Gasteiger partial charge in [-0.25, -0.2) is 0 Å². The van der Waals surface area contributed by atoms with E-state index in [-0.39, 0.29) is 17.9 Å². The summed E-state index contributed by atoms with van der Waals surface area (Å²) in [6, 6.07) is 4.01. The quantitative estimate of drug-likeness (QED) is 0.365. The summed E-state index contributed by atoms with van der Waals surface area (Å²) < 4.78 is 9.35. The van der Waals surface area contributed by atoms with E-state index in [1.165, 1.54) is 32.2 Å². The topological polar surface area (TPSA) is 116 Å². The summed E-state index contributed by atoms with van der Waals surface area (Å²) in [5.74, 6) is -2.24. The van der Waals surface area contributed by atoms with E-state index < -0.39 is 22.3 Å². The smallest absolute Gasteiger partial charge is 0.323 e. The van der Waals surface area contributed by atoms with Crippen molar-refractivity contribution in [2.24, 2.45) is 5.41 Å². The van der Waals surface area contributed by atoms with E-state index in [1.54, 1.807) is 0 Å². The first-order valence-electron chi connectivity index (χ1n) is 5.89. The Morgan fingerprint density at radius 2 is 2.00 bits per heavy atom. The van der Waals surface area contributed by atoms with Gasteiger partial charge in [0.25, 0.3) is 0 Å². The lowest BCUT2D eigenvalue weighted by molar-refractivity contribution is -0.385. The summed E-state index contributed by atoms with van der Waals surface area (Å²) in [5, 5.41) is 20.2. The highest BCUT2D eigenvalue weighted by Crippen LogP contribution is 2.31. The van der Waals surface area contributed by atoms with Gasteiger partial charge in [0.2, 0.25) is 0 Å². The maximum atomic E-state index is 11.7. The summed E-state index contributed by atoms with van der Waals surface area (Å²) in [5.41, 5.74) is -1.80. The number of nitrogens with zero attached hydrogens (tertiary/aromatic N) is 1. The van der Waals surface area contributed by atoms with Crippen molar-refractivity contribution in [3.05, 3.63) is 33.9 Å². The van der Waals surface area contributed by atoms with Crippen molar-refractivity contribution in [3.63, 3.8) is 0 Å². The lowest BCUT2D eigenvalue weighted by atomic mass is 9.83. The van der Waals surface area contributed by atoms with E-state index in [9.17, 15) is 24.8 Å². The molecule has 0 fully saturated rings. The van der Waals surface area contributed by atoms with Crippen molar-refractivity contribution in [1.82, 2.24) is 0 Å². The molecule has 0 amide bonds. The average Bonchev–Trinajstić information content (AvgIpc) is 2.45. The number of hydrogen-bond acceptors (Lipinski definition) is 6. The molecular formula is C13H15NO7. The monoisotopic (exact) mass is 297 g/mol. The minimum Gasteiger partial charge on any atom is -0.490 e. The van der Waals surface area contributed by atoms with Crippen LogP contribution in [-0.2, 0) is 20.7 Å². The van der Waals surface area contributed by atoms with E-state index in [0.717, 1.165) is 7.11 Å². The van der Waals surface area contributed by atoms with Gasteiger partial charge in [-0.15, -0.1) is 0 Å². The Labute approximate surface area is 120 Å². The first-order chi connectivity index (χ1) is 9.76. The largest absolute Gasteiger partial charge is 0.490 e. The lowest BCUT2D eigenvalue weighted by Gasteiger charge is -2.21. The Hall–Kier alpha value is -2.64. The summed E-state index contributed by atoms with van der Waals surface area (Å²) >= 11 is 0. The maximum absolute atomic E-state index is 11.7. The van der Waals surface area contributed by atoms with E-state index in [2.05, 4.69) is 4.74 Å². The van der Waals surface area contributed by atoms with Gasteiger partial charge in [-0.3, -0.25) is 19.7 Å². The number of rotatable bonds is 6. The molecule has 0 heterocycles. The average molecular weight is 297 g/mol. The SMILES string of the molecule is COC(=O)C(C)(Cc1ccc(OC)c([N+](=O)[O-])c1)C(=O)O. The molecule has 0 saturated carbocycles. The van der Waals surface area contributed by atoms with Crippen molar-refractivity contribution in [2.45, 2.75) is 13.3 Å². The van der Waals surface area contributed by atoms with E-state index in [4.69, 9.17) is 4.74 Å². The van der Waals surface area contributed by atoms with Crippen LogP contribution < -0.4 is 4.74 Å². The predicted molar refractivity (Wildman–Crippen MR) is 71.1 cm³/mol. The second kappa shape index (κ2) is 6.21. The number of ether oxygens (including phenoxy) is 2. The number of aliphatic carboxylic acids is 1. The number of benzene rings is 1. The van der Waals surface area contributed by atoms with Crippen molar-refractivity contribution in [3.8, 4) is 5.75 Å². The van der Waals surface area contributed by atoms with Crippen LogP contribution in [-0.4, -0.2) is 36.2 Å². The van der Waals surface area contributed by atoms with Gasteiger partial charge in [0, 0.05) is 6.07 Å². The number of nitro benzene ring substituents is 1. The molecule has 1 atom stereocenters. The number of carboxylic acids is 1. The first-order valence-corrected chi connectivity index (χ1v) is 5.89. The summed E-state index contributed by atoms with van der Waals surface area (Å²) in [4.78, 5) is 33.3. The highest BCUT2D eigenvalue weighted by atomic mass is 16.6. The molecule has 1 rings (SSSR count). The van der Waals surface area contributed by atoms with Crippen molar-refractivity contribution in [1.29, 1.82) is 0 Å². The molecule has 0 saturated heterocycles. The Balaban J connectivity index is 3.23. The zero-order valence-electron chi connectivity index (χ0n) is 11.8. The molecule has 1 aromatic carbocycles. The van der Waals surface area contributed by atoms with Gasteiger partial charge in [-0.05, 0) is 25.0 Å². The molecule has 0 spiro atoms.